The van der Waals surface area contributed by atoms with Gasteiger partial charge in [-0.15, -0.1) is 0 Å². The molecule has 1 aromatic rings. The van der Waals surface area contributed by atoms with Crippen LogP contribution in [0, 0.1) is 5.41 Å². The fourth-order valence-corrected chi connectivity index (χ4v) is 2.78. The Balaban J connectivity index is 1.95. The molecule has 0 saturated heterocycles. The van der Waals surface area contributed by atoms with Crippen LogP contribution in [0.3, 0.4) is 0 Å². The van der Waals surface area contributed by atoms with E-state index >= 15 is 0 Å². The van der Waals surface area contributed by atoms with Crippen LogP contribution in [0.2, 0.25) is 0 Å². The highest BCUT2D eigenvalue weighted by Gasteiger charge is 2.22. The van der Waals surface area contributed by atoms with Crippen molar-refractivity contribution in [2.24, 2.45) is 0 Å². The molecule has 1 saturated carbocycles. The fraction of sp³-hybridized carbons (Fsp3) is 0.643. The van der Waals surface area contributed by atoms with Gasteiger partial charge in [-0.1, -0.05) is 0 Å². The third kappa shape index (κ3) is 4.12. The molecule has 1 aromatic heterocycles. The zero-order chi connectivity index (χ0) is 15.2. The van der Waals surface area contributed by atoms with Gasteiger partial charge in [0, 0.05) is 24.3 Å². The Morgan fingerprint density at radius 1 is 1.33 bits per heavy atom. The Bertz CT molecular complexity index is 484. The van der Waals surface area contributed by atoms with Crippen LogP contribution in [0.15, 0.2) is 6.33 Å². The Labute approximate surface area is 124 Å². The highest BCUT2D eigenvalue weighted by molar-refractivity contribution is 6.04. The van der Waals surface area contributed by atoms with Crippen molar-refractivity contribution in [1.82, 2.24) is 15.3 Å². The molecule has 1 aliphatic carbocycles. The summed E-state index contributed by atoms with van der Waals surface area (Å²) in [7, 11) is 0. The summed E-state index contributed by atoms with van der Waals surface area (Å²) in [6.07, 6.45) is 5.62. The maximum absolute atomic E-state index is 8.83. The van der Waals surface area contributed by atoms with E-state index < -0.39 is 0 Å². The number of aliphatic hydroxyl groups is 1. The number of nitrogens with one attached hydrogen (secondary N) is 3. The molecule has 0 aliphatic heterocycles. The molecular formula is C14H24N6O. The lowest BCUT2D eigenvalue weighted by Gasteiger charge is -2.30. The second kappa shape index (κ2) is 7.33. The molecule has 0 unspecified atom stereocenters. The second-order valence-corrected chi connectivity index (χ2v) is 5.48. The number of hydrogen-bond acceptors (Lipinski definition) is 7. The zero-order valence-electron chi connectivity index (χ0n) is 12.4. The summed E-state index contributed by atoms with van der Waals surface area (Å²) >= 11 is 0. The monoisotopic (exact) mass is 292 g/mol. The predicted molar refractivity (Wildman–Crippen MR) is 83.7 cm³/mol. The molecule has 0 atom stereocenters. The summed E-state index contributed by atoms with van der Waals surface area (Å²) in [6.45, 7) is 2.53. The summed E-state index contributed by atoms with van der Waals surface area (Å²) in [4.78, 5) is 8.18. The van der Waals surface area contributed by atoms with E-state index in [0.717, 1.165) is 25.7 Å². The van der Waals surface area contributed by atoms with Gasteiger partial charge in [0.15, 0.2) is 0 Å². The number of aliphatic hydroxyl groups excluding tert-OH is 1. The highest BCUT2D eigenvalue weighted by atomic mass is 16.3. The van der Waals surface area contributed by atoms with Gasteiger partial charge in [-0.2, -0.15) is 0 Å². The van der Waals surface area contributed by atoms with Gasteiger partial charge in [0.2, 0.25) is 0 Å². The van der Waals surface area contributed by atoms with Gasteiger partial charge in [0.05, 0.1) is 12.2 Å². The standard InChI is InChI=1S/C14H24N6O/c1-9(15)12-13(16)18-8-19-14(12)20-11-4-2-10(3-5-11)17-6-7-21/h8,10-11,15,17,21H,2-7H2,1H3,(H3,16,18,19,20). The van der Waals surface area contributed by atoms with Gasteiger partial charge in [-0.3, -0.25) is 0 Å². The number of aromatic nitrogens is 2. The third-order valence-corrected chi connectivity index (χ3v) is 3.86. The number of nitrogens with zero attached hydrogens (tertiary/aromatic N) is 2. The van der Waals surface area contributed by atoms with Crippen molar-refractivity contribution in [2.75, 3.05) is 24.2 Å². The van der Waals surface area contributed by atoms with Gasteiger partial charge in [-0.25, -0.2) is 9.97 Å². The lowest BCUT2D eigenvalue weighted by Crippen LogP contribution is -2.38. The molecule has 7 nitrogen and oxygen atoms in total. The topological polar surface area (TPSA) is 120 Å². The van der Waals surface area contributed by atoms with Crippen LogP contribution >= 0.6 is 0 Å². The predicted octanol–water partition coefficient (Wildman–Crippen LogP) is 0.752. The Hall–Kier alpha value is -1.73. The maximum Gasteiger partial charge on any atom is 0.140 e. The zero-order valence-corrected chi connectivity index (χ0v) is 12.4. The summed E-state index contributed by atoms with van der Waals surface area (Å²) in [5, 5.41) is 23.4. The van der Waals surface area contributed by atoms with E-state index in [-0.39, 0.29) is 6.61 Å². The molecule has 0 bridgehead atoms. The van der Waals surface area contributed by atoms with Crippen LogP contribution in [0.25, 0.3) is 0 Å². The van der Waals surface area contributed by atoms with E-state index in [1.165, 1.54) is 6.33 Å². The van der Waals surface area contributed by atoms with Crippen molar-refractivity contribution in [3.63, 3.8) is 0 Å². The molecule has 0 aromatic carbocycles. The molecule has 1 heterocycles. The fourth-order valence-electron chi connectivity index (χ4n) is 2.78. The first-order valence-electron chi connectivity index (χ1n) is 7.38. The molecule has 0 radical (unpaired) electrons. The van der Waals surface area contributed by atoms with Crippen molar-refractivity contribution < 1.29 is 5.11 Å². The molecule has 0 spiro atoms. The Morgan fingerprint density at radius 2 is 2.00 bits per heavy atom. The minimum Gasteiger partial charge on any atom is -0.395 e. The van der Waals surface area contributed by atoms with Gasteiger partial charge in [0.1, 0.15) is 18.0 Å². The van der Waals surface area contributed by atoms with Gasteiger partial charge in [-0.05, 0) is 32.6 Å². The van der Waals surface area contributed by atoms with Crippen LogP contribution < -0.4 is 16.4 Å². The van der Waals surface area contributed by atoms with Crippen molar-refractivity contribution in [3.05, 3.63) is 11.9 Å². The van der Waals surface area contributed by atoms with E-state index in [2.05, 4.69) is 20.6 Å². The maximum atomic E-state index is 8.83. The molecule has 0 amide bonds. The first-order valence-corrected chi connectivity index (χ1v) is 7.38. The molecule has 7 heteroatoms. The quantitative estimate of drug-likeness (QED) is 0.494. The van der Waals surface area contributed by atoms with E-state index in [1.807, 2.05) is 0 Å². The summed E-state index contributed by atoms with van der Waals surface area (Å²) < 4.78 is 0. The van der Waals surface area contributed by atoms with Crippen LogP contribution in [0.5, 0.6) is 0 Å². The highest BCUT2D eigenvalue weighted by Crippen LogP contribution is 2.24. The minimum absolute atomic E-state index is 0.181. The number of anilines is 2. The molecular weight excluding hydrogens is 268 g/mol. The first-order chi connectivity index (χ1) is 10.1. The largest absolute Gasteiger partial charge is 0.395 e. The number of rotatable bonds is 6. The number of nitrogens with two attached hydrogens (primary N) is 1. The SMILES string of the molecule is CC(=N)c1c(N)ncnc1NC1CCC(NCCO)CC1. The van der Waals surface area contributed by atoms with Crippen LogP contribution in [0.1, 0.15) is 38.2 Å². The van der Waals surface area contributed by atoms with Crippen molar-refractivity contribution >= 4 is 17.3 Å². The molecule has 116 valence electrons. The minimum atomic E-state index is 0.181. The summed E-state index contributed by atoms with van der Waals surface area (Å²) in [6, 6.07) is 0.819. The average molecular weight is 292 g/mol. The van der Waals surface area contributed by atoms with Crippen LogP contribution in [-0.4, -0.2) is 46.0 Å². The smallest absolute Gasteiger partial charge is 0.140 e. The van der Waals surface area contributed by atoms with Crippen molar-refractivity contribution in [1.29, 1.82) is 5.41 Å². The van der Waals surface area contributed by atoms with E-state index in [0.29, 0.717) is 41.5 Å². The summed E-state index contributed by atoms with van der Waals surface area (Å²) in [5.74, 6) is 1.00. The summed E-state index contributed by atoms with van der Waals surface area (Å²) in [5.41, 5.74) is 6.80. The lowest BCUT2D eigenvalue weighted by atomic mass is 9.91. The number of nitrogen functional groups attached to an aromatic ring is 1. The molecule has 1 aliphatic rings. The average Bonchev–Trinajstić information content (AvgIpc) is 2.46. The Kier molecular flexibility index (Phi) is 5.46. The normalized spacial score (nSPS) is 22.0. The second-order valence-electron chi connectivity index (χ2n) is 5.48. The van der Waals surface area contributed by atoms with Crippen LogP contribution in [0.4, 0.5) is 11.6 Å². The van der Waals surface area contributed by atoms with E-state index in [9.17, 15) is 0 Å². The molecule has 21 heavy (non-hydrogen) atoms. The van der Waals surface area contributed by atoms with Crippen molar-refractivity contribution in [3.8, 4) is 0 Å². The lowest BCUT2D eigenvalue weighted by molar-refractivity contribution is 0.269. The van der Waals surface area contributed by atoms with Crippen molar-refractivity contribution in [2.45, 2.75) is 44.7 Å². The van der Waals surface area contributed by atoms with E-state index in [1.54, 1.807) is 6.92 Å². The van der Waals surface area contributed by atoms with Gasteiger partial charge >= 0.3 is 0 Å². The van der Waals surface area contributed by atoms with E-state index in [4.69, 9.17) is 16.2 Å². The Morgan fingerprint density at radius 3 is 2.62 bits per heavy atom. The van der Waals surface area contributed by atoms with Gasteiger partial charge in [0.25, 0.3) is 0 Å². The molecule has 6 N–H and O–H groups in total. The number of hydrogen-bond donors (Lipinski definition) is 5. The van der Waals surface area contributed by atoms with Crippen LogP contribution in [-0.2, 0) is 0 Å². The molecule has 2 rings (SSSR count). The first kappa shape index (κ1) is 15.7. The molecule has 1 fully saturated rings. The third-order valence-electron chi connectivity index (χ3n) is 3.86. The van der Waals surface area contributed by atoms with Gasteiger partial charge < -0.3 is 26.9 Å².